The van der Waals surface area contributed by atoms with Crippen LogP contribution in [0.5, 0.6) is 11.5 Å². The van der Waals surface area contributed by atoms with Crippen molar-refractivity contribution < 1.29 is 14.3 Å². The molecule has 4 nitrogen and oxygen atoms in total. The number of hydrogen-bond donors (Lipinski definition) is 1. The summed E-state index contributed by atoms with van der Waals surface area (Å²) in [7, 11) is 3.25. The second-order valence-corrected chi connectivity index (χ2v) is 6.84. The Labute approximate surface area is 148 Å². The molecule has 0 amide bonds. The van der Waals surface area contributed by atoms with E-state index in [2.05, 4.69) is 19.2 Å². The van der Waals surface area contributed by atoms with Crippen molar-refractivity contribution in [1.29, 1.82) is 0 Å². The van der Waals surface area contributed by atoms with E-state index in [0.717, 1.165) is 23.2 Å². The molecule has 0 bridgehead atoms. The largest absolute Gasteiger partial charge is 0.493 e. The Bertz CT molecular complexity index is 823. The van der Waals surface area contributed by atoms with Gasteiger partial charge in [0.15, 0.2) is 17.3 Å². The highest BCUT2D eigenvalue weighted by Gasteiger charge is 2.29. The van der Waals surface area contributed by atoms with Crippen LogP contribution in [-0.2, 0) is 6.42 Å². The van der Waals surface area contributed by atoms with Crippen LogP contribution >= 0.6 is 0 Å². The molecule has 0 saturated heterocycles. The Morgan fingerprint density at radius 2 is 1.72 bits per heavy atom. The third kappa shape index (κ3) is 3.53. The summed E-state index contributed by atoms with van der Waals surface area (Å²) in [4.78, 5) is 12.6. The topological polar surface area (TPSA) is 47.6 Å². The van der Waals surface area contributed by atoms with Gasteiger partial charge < -0.3 is 14.8 Å². The van der Waals surface area contributed by atoms with Gasteiger partial charge in [0.2, 0.25) is 0 Å². The first-order valence-corrected chi connectivity index (χ1v) is 8.28. The summed E-state index contributed by atoms with van der Waals surface area (Å²) >= 11 is 0. The van der Waals surface area contributed by atoms with Crippen LogP contribution in [0.15, 0.2) is 48.5 Å². The van der Waals surface area contributed by atoms with E-state index < -0.39 is 0 Å². The van der Waals surface area contributed by atoms with Crippen LogP contribution in [0.2, 0.25) is 0 Å². The highest BCUT2D eigenvalue weighted by atomic mass is 16.5. The fourth-order valence-electron chi connectivity index (χ4n) is 3.20. The Morgan fingerprint density at radius 3 is 2.36 bits per heavy atom. The molecular weight excluding hydrogens is 314 g/mol. The monoisotopic (exact) mass is 337 g/mol. The van der Waals surface area contributed by atoms with Crippen LogP contribution in [0.3, 0.4) is 0 Å². The first kappa shape index (κ1) is 17.1. The van der Waals surface area contributed by atoms with Gasteiger partial charge in [-0.3, -0.25) is 4.79 Å². The maximum atomic E-state index is 12.6. The van der Waals surface area contributed by atoms with Crippen molar-refractivity contribution >= 4 is 11.5 Å². The number of carbonyl (C=O) groups excluding carboxylic acids is 1. The summed E-state index contributed by atoms with van der Waals surface area (Å²) in [5, 5.41) is 3.48. The van der Waals surface area contributed by atoms with Crippen LogP contribution in [0.25, 0.3) is 5.70 Å². The van der Waals surface area contributed by atoms with Gasteiger partial charge in [-0.2, -0.15) is 0 Å². The average molecular weight is 337 g/mol. The maximum absolute atomic E-state index is 12.6. The summed E-state index contributed by atoms with van der Waals surface area (Å²) in [6.45, 7) is 4.24. The first-order valence-electron chi connectivity index (χ1n) is 8.28. The van der Waals surface area contributed by atoms with Gasteiger partial charge in [-0.15, -0.1) is 0 Å². The van der Waals surface area contributed by atoms with Gasteiger partial charge in [-0.05, 0) is 38.0 Å². The van der Waals surface area contributed by atoms with Crippen molar-refractivity contribution in [2.45, 2.75) is 25.8 Å². The van der Waals surface area contributed by atoms with Crippen LogP contribution in [-0.4, -0.2) is 25.5 Å². The zero-order valence-electron chi connectivity index (χ0n) is 15.1. The Hall–Kier alpha value is -2.75. The van der Waals surface area contributed by atoms with E-state index in [4.69, 9.17) is 9.47 Å². The quantitative estimate of drug-likeness (QED) is 0.680. The molecule has 0 aliphatic carbocycles. The Balaban J connectivity index is 2.09. The van der Waals surface area contributed by atoms with Crippen molar-refractivity contribution in [3.05, 3.63) is 65.2 Å². The van der Waals surface area contributed by atoms with Crippen LogP contribution in [0, 0.1) is 0 Å². The number of fused-ring (bicyclic) bond motifs is 1. The third-order valence-corrected chi connectivity index (χ3v) is 4.34. The summed E-state index contributed by atoms with van der Waals surface area (Å²) < 4.78 is 10.9. The van der Waals surface area contributed by atoms with Crippen molar-refractivity contribution in [2.24, 2.45) is 0 Å². The fraction of sp³-hybridized carbons (Fsp3) is 0.286. The van der Waals surface area contributed by atoms with Gasteiger partial charge in [0.1, 0.15) is 0 Å². The summed E-state index contributed by atoms with van der Waals surface area (Å²) in [6, 6.07) is 13.2. The van der Waals surface area contributed by atoms with E-state index in [1.165, 1.54) is 0 Å². The van der Waals surface area contributed by atoms with Crippen molar-refractivity contribution in [2.75, 3.05) is 14.2 Å². The van der Waals surface area contributed by atoms with Gasteiger partial charge in [0.05, 0.1) is 14.2 Å². The predicted molar refractivity (Wildman–Crippen MR) is 99.2 cm³/mol. The SMILES string of the molecule is COc1cc2c(cc1OC)/C(=C/C(=O)c1ccccc1)NC(C)(C)C2. The highest BCUT2D eigenvalue weighted by molar-refractivity contribution is 6.08. The van der Waals surface area contributed by atoms with E-state index in [-0.39, 0.29) is 11.3 Å². The number of methoxy groups -OCH3 is 2. The fourth-order valence-corrected chi connectivity index (χ4v) is 3.20. The van der Waals surface area contributed by atoms with Crippen LogP contribution in [0.1, 0.15) is 35.3 Å². The number of carbonyl (C=O) groups is 1. The van der Waals surface area contributed by atoms with Gasteiger partial charge in [-0.1, -0.05) is 30.3 Å². The van der Waals surface area contributed by atoms with Crippen LogP contribution < -0.4 is 14.8 Å². The van der Waals surface area contributed by atoms with Crippen molar-refractivity contribution in [3.63, 3.8) is 0 Å². The van der Waals surface area contributed by atoms with E-state index in [1.807, 2.05) is 42.5 Å². The number of hydrogen-bond acceptors (Lipinski definition) is 4. The second-order valence-electron chi connectivity index (χ2n) is 6.84. The number of allylic oxidation sites excluding steroid dienone is 1. The molecule has 1 heterocycles. The number of rotatable bonds is 4. The lowest BCUT2D eigenvalue weighted by molar-refractivity contribution is 0.104. The molecule has 2 aromatic rings. The number of nitrogens with one attached hydrogen (secondary N) is 1. The van der Waals surface area contributed by atoms with E-state index in [9.17, 15) is 4.79 Å². The molecule has 3 rings (SSSR count). The molecule has 0 fully saturated rings. The molecule has 4 heteroatoms. The molecule has 1 aliphatic rings. The molecule has 25 heavy (non-hydrogen) atoms. The summed E-state index contributed by atoms with van der Waals surface area (Å²) in [5.41, 5.74) is 3.42. The number of ether oxygens (including phenoxy) is 2. The molecule has 0 spiro atoms. The second kappa shape index (κ2) is 6.63. The predicted octanol–water partition coefficient (Wildman–Crippen LogP) is 3.85. The lowest BCUT2D eigenvalue weighted by Crippen LogP contribution is -2.43. The highest BCUT2D eigenvalue weighted by Crippen LogP contribution is 2.38. The molecule has 0 atom stereocenters. The Morgan fingerprint density at radius 1 is 1.08 bits per heavy atom. The molecule has 0 saturated carbocycles. The molecule has 1 N–H and O–H groups in total. The van der Waals surface area contributed by atoms with E-state index in [1.54, 1.807) is 20.3 Å². The number of ketones is 1. The van der Waals surface area contributed by atoms with E-state index in [0.29, 0.717) is 17.1 Å². The standard InChI is InChI=1S/C21H23NO3/c1-21(2)13-15-10-19(24-3)20(25-4)11-16(15)17(22-21)12-18(23)14-8-6-5-7-9-14/h5-12,22H,13H2,1-4H3/b17-12-. The van der Waals surface area contributed by atoms with Gasteiger partial charge in [0.25, 0.3) is 0 Å². The van der Waals surface area contributed by atoms with Gasteiger partial charge >= 0.3 is 0 Å². The molecule has 1 aliphatic heterocycles. The minimum Gasteiger partial charge on any atom is -0.493 e. The zero-order valence-corrected chi connectivity index (χ0v) is 15.1. The third-order valence-electron chi connectivity index (χ3n) is 4.34. The smallest absolute Gasteiger partial charge is 0.187 e. The molecule has 0 unspecified atom stereocenters. The molecular formula is C21H23NO3. The van der Waals surface area contributed by atoms with Crippen molar-refractivity contribution in [1.82, 2.24) is 5.32 Å². The van der Waals surface area contributed by atoms with Gasteiger partial charge in [0, 0.05) is 28.4 Å². The van der Waals surface area contributed by atoms with Crippen molar-refractivity contribution in [3.8, 4) is 11.5 Å². The van der Waals surface area contributed by atoms with Gasteiger partial charge in [-0.25, -0.2) is 0 Å². The summed E-state index contributed by atoms with van der Waals surface area (Å²) in [5.74, 6) is 1.33. The Kier molecular flexibility index (Phi) is 4.53. The minimum absolute atomic E-state index is 0.0264. The lowest BCUT2D eigenvalue weighted by atomic mass is 9.85. The normalized spacial score (nSPS) is 16.7. The molecule has 130 valence electrons. The lowest BCUT2D eigenvalue weighted by Gasteiger charge is -2.36. The molecule has 0 aromatic heterocycles. The van der Waals surface area contributed by atoms with Crippen LogP contribution in [0.4, 0.5) is 0 Å². The number of benzene rings is 2. The minimum atomic E-state index is -0.157. The zero-order chi connectivity index (χ0) is 18.0. The maximum Gasteiger partial charge on any atom is 0.187 e. The molecule has 2 aromatic carbocycles. The summed E-state index contributed by atoms with van der Waals surface area (Å²) in [6.07, 6.45) is 2.50. The molecule has 0 radical (unpaired) electrons. The first-order chi connectivity index (χ1) is 11.9. The van der Waals surface area contributed by atoms with E-state index >= 15 is 0 Å². The average Bonchev–Trinajstić information content (AvgIpc) is 2.60.